The number of hydrogen-bond acceptors (Lipinski definition) is 4. The molecule has 39 heavy (non-hydrogen) atoms. The molecule has 0 unspecified atom stereocenters. The molecule has 1 aliphatic heterocycles. The van der Waals surface area contributed by atoms with Gasteiger partial charge in [0, 0.05) is 43.4 Å². The number of nitrogens with zero attached hydrogens (tertiary/aromatic N) is 3. The molecule has 0 N–H and O–H groups in total. The second kappa shape index (κ2) is 12.1. The lowest BCUT2D eigenvalue weighted by Gasteiger charge is -2.37. The first-order valence-electron chi connectivity index (χ1n) is 12.7. The van der Waals surface area contributed by atoms with Gasteiger partial charge in [0.2, 0.25) is 15.9 Å². The van der Waals surface area contributed by atoms with Crippen molar-refractivity contribution in [2.75, 3.05) is 37.6 Å². The number of amides is 1. The van der Waals surface area contributed by atoms with Gasteiger partial charge in [-0.05, 0) is 74.2 Å². The first-order valence-corrected chi connectivity index (χ1v) is 15.2. The average Bonchev–Trinajstić information content (AvgIpc) is 2.86. The van der Waals surface area contributed by atoms with Crippen LogP contribution >= 0.6 is 34.8 Å². The molecule has 1 amide bonds. The number of sulfonamides is 1. The molecule has 3 aromatic rings. The van der Waals surface area contributed by atoms with E-state index in [1.165, 1.54) is 4.31 Å². The second-order valence-corrected chi connectivity index (χ2v) is 13.2. The number of piperazine rings is 1. The highest BCUT2D eigenvalue weighted by molar-refractivity contribution is 7.89. The predicted molar refractivity (Wildman–Crippen MR) is 160 cm³/mol. The summed E-state index contributed by atoms with van der Waals surface area (Å²) in [5.41, 5.74) is 5.06. The lowest BCUT2D eigenvalue weighted by atomic mass is 10.1. The molecule has 4 rings (SSSR count). The van der Waals surface area contributed by atoms with Crippen molar-refractivity contribution in [2.24, 2.45) is 0 Å². The van der Waals surface area contributed by atoms with Gasteiger partial charge in [-0.2, -0.15) is 4.31 Å². The Morgan fingerprint density at radius 1 is 0.821 bits per heavy atom. The fourth-order valence-corrected chi connectivity index (χ4v) is 7.42. The summed E-state index contributed by atoms with van der Waals surface area (Å²) in [6, 6.07) is 14.5. The smallest absolute Gasteiger partial charge is 0.244 e. The summed E-state index contributed by atoms with van der Waals surface area (Å²) < 4.78 is 29.3. The Morgan fingerprint density at radius 2 is 1.46 bits per heavy atom. The first kappa shape index (κ1) is 29.7. The number of rotatable bonds is 7. The molecule has 1 saturated heterocycles. The quantitative estimate of drug-likeness (QED) is 0.311. The van der Waals surface area contributed by atoms with Gasteiger partial charge < -0.3 is 9.80 Å². The maximum atomic E-state index is 14.0. The predicted octanol–water partition coefficient (Wildman–Crippen LogP) is 6.42. The number of carbonyl (C=O) groups excluding carboxylic acids is 1. The molecule has 0 aliphatic carbocycles. The van der Waals surface area contributed by atoms with Crippen molar-refractivity contribution in [3.05, 3.63) is 91.4 Å². The molecule has 0 radical (unpaired) electrons. The molecule has 0 spiro atoms. The molecule has 1 fully saturated rings. The largest absolute Gasteiger partial charge is 0.368 e. The van der Waals surface area contributed by atoms with Crippen molar-refractivity contribution in [2.45, 2.75) is 39.1 Å². The van der Waals surface area contributed by atoms with E-state index in [0.29, 0.717) is 57.9 Å². The van der Waals surface area contributed by atoms with E-state index in [1.807, 2.05) is 44.2 Å². The summed E-state index contributed by atoms with van der Waals surface area (Å²) in [7, 11) is -4.01. The van der Waals surface area contributed by atoms with Crippen LogP contribution in [0.15, 0.2) is 53.4 Å². The van der Waals surface area contributed by atoms with Crippen LogP contribution in [-0.2, 0) is 21.4 Å². The lowest BCUT2D eigenvalue weighted by Crippen LogP contribution is -2.52. The maximum absolute atomic E-state index is 14.0. The molecule has 3 aromatic carbocycles. The third-order valence-electron chi connectivity index (χ3n) is 7.00. The maximum Gasteiger partial charge on any atom is 0.244 e. The number of hydrogen-bond donors (Lipinski definition) is 0. The molecule has 1 heterocycles. The van der Waals surface area contributed by atoms with Crippen molar-refractivity contribution in [3.63, 3.8) is 0 Å². The van der Waals surface area contributed by atoms with E-state index in [0.717, 1.165) is 16.8 Å². The van der Waals surface area contributed by atoms with E-state index < -0.39 is 10.0 Å². The van der Waals surface area contributed by atoms with Gasteiger partial charge in [-0.15, -0.1) is 0 Å². The summed E-state index contributed by atoms with van der Waals surface area (Å²) in [5.74, 6) is -0.247. The number of benzene rings is 3. The van der Waals surface area contributed by atoms with Crippen LogP contribution in [0, 0.1) is 27.7 Å². The van der Waals surface area contributed by atoms with Crippen molar-refractivity contribution in [1.29, 1.82) is 0 Å². The SMILES string of the molecule is Cc1cc(C)c(S(=O)(=O)N(CC(=O)N2CCN(c3cc(Cl)ccc3C)CC2)Cc2ccc(Cl)c(Cl)c2)c(C)c1. The molecular weight excluding hydrogens is 577 g/mol. The molecule has 0 aromatic heterocycles. The van der Waals surface area contributed by atoms with Crippen LogP contribution in [0.5, 0.6) is 0 Å². The van der Waals surface area contributed by atoms with Crippen LogP contribution in [0.2, 0.25) is 15.1 Å². The van der Waals surface area contributed by atoms with Gasteiger partial charge in [0.05, 0.1) is 21.5 Å². The molecule has 1 aliphatic rings. The van der Waals surface area contributed by atoms with Gasteiger partial charge in [0.1, 0.15) is 0 Å². The highest BCUT2D eigenvalue weighted by atomic mass is 35.5. The summed E-state index contributed by atoms with van der Waals surface area (Å²) in [4.78, 5) is 17.7. The average molecular weight is 609 g/mol. The highest BCUT2D eigenvalue weighted by Crippen LogP contribution is 2.29. The zero-order valence-electron chi connectivity index (χ0n) is 22.5. The van der Waals surface area contributed by atoms with Crippen LogP contribution in [0.25, 0.3) is 0 Å². The monoisotopic (exact) mass is 607 g/mol. The third-order valence-corrected chi connectivity index (χ3v) is 10.1. The van der Waals surface area contributed by atoms with E-state index >= 15 is 0 Å². The Balaban J connectivity index is 1.58. The van der Waals surface area contributed by atoms with Crippen LogP contribution in [0.1, 0.15) is 27.8 Å². The third kappa shape index (κ3) is 6.72. The van der Waals surface area contributed by atoms with Gasteiger partial charge in [-0.3, -0.25) is 4.79 Å². The van der Waals surface area contributed by atoms with E-state index in [1.54, 1.807) is 36.9 Å². The van der Waals surface area contributed by atoms with Crippen molar-refractivity contribution >= 4 is 56.4 Å². The molecular formula is C29H32Cl3N3O3S. The zero-order valence-corrected chi connectivity index (χ0v) is 25.6. The van der Waals surface area contributed by atoms with Crippen molar-refractivity contribution < 1.29 is 13.2 Å². The van der Waals surface area contributed by atoms with Gasteiger partial charge in [-0.1, -0.05) is 64.6 Å². The van der Waals surface area contributed by atoms with Crippen molar-refractivity contribution in [1.82, 2.24) is 9.21 Å². The highest BCUT2D eigenvalue weighted by Gasteiger charge is 2.32. The topological polar surface area (TPSA) is 60.9 Å². The van der Waals surface area contributed by atoms with Crippen molar-refractivity contribution in [3.8, 4) is 0 Å². The van der Waals surface area contributed by atoms with E-state index in [9.17, 15) is 13.2 Å². The van der Waals surface area contributed by atoms with Crippen LogP contribution in [0.3, 0.4) is 0 Å². The normalized spacial score (nSPS) is 14.3. The lowest BCUT2D eigenvalue weighted by molar-refractivity contribution is -0.131. The van der Waals surface area contributed by atoms with Gasteiger partial charge in [0.15, 0.2) is 0 Å². The Bertz CT molecular complexity index is 1480. The number of aryl methyl sites for hydroxylation is 4. The minimum absolute atomic E-state index is 0.0145. The number of anilines is 1. The number of carbonyl (C=O) groups is 1. The zero-order chi connectivity index (χ0) is 28.5. The first-order chi connectivity index (χ1) is 18.4. The van der Waals surface area contributed by atoms with Crippen LogP contribution < -0.4 is 4.90 Å². The fraction of sp³-hybridized carbons (Fsp3) is 0.345. The van der Waals surface area contributed by atoms with E-state index in [-0.39, 0.29) is 23.9 Å². The Kier molecular flexibility index (Phi) is 9.19. The van der Waals surface area contributed by atoms with E-state index in [4.69, 9.17) is 34.8 Å². The van der Waals surface area contributed by atoms with Crippen LogP contribution in [-0.4, -0.2) is 56.3 Å². The molecule has 0 bridgehead atoms. The summed E-state index contributed by atoms with van der Waals surface area (Å²) in [6.07, 6.45) is 0. The van der Waals surface area contributed by atoms with Crippen LogP contribution in [0.4, 0.5) is 5.69 Å². The van der Waals surface area contributed by atoms with E-state index in [2.05, 4.69) is 4.90 Å². The molecule has 0 saturated carbocycles. The standard InChI is InChI=1S/C29H32Cl3N3O3S/c1-19-13-21(3)29(22(4)14-19)39(37,38)35(17-23-6-8-25(31)26(32)15-23)18-28(36)34-11-9-33(10-12-34)27-16-24(30)7-5-20(27)2/h5-8,13-16H,9-12,17-18H2,1-4H3. The summed E-state index contributed by atoms with van der Waals surface area (Å²) >= 11 is 18.5. The second-order valence-electron chi connectivity index (χ2n) is 10.0. The Hall–Kier alpha value is -2.29. The number of halogens is 3. The fourth-order valence-electron chi connectivity index (χ4n) is 5.14. The Labute approximate surface area is 246 Å². The van der Waals surface area contributed by atoms with Gasteiger partial charge >= 0.3 is 0 Å². The molecule has 208 valence electrons. The summed E-state index contributed by atoms with van der Waals surface area (Å²) in [5, 5.41) is 1.37. The Morgan fingerprint density at radius 3 is 2.08 bits per heavy atom. The van der Waals surface area contributed by atoms with Gasteiger partial charge in [0.25, 0.3) is 0 Å². The molecule has 10 heteroatoms. The summed E-state index contributed by atoms with van der Waals surface area (Å²) in [6.45, 7) is 9.44. The molecule has 0 atom stereocenters. The van der Waals surface area contributed by atoms with Gasteiger partial charge in [-0.25, -0.2) is 8.42 Å². The minimum atomic E-state index is -4.01. The molecule has 6 nitrogen and oxygen atoms in total. The minimum Gasteiger partial charge on any atom is -0.368 e.